The van der Waals surface area contributed by atoms with Crippen LogP contribution in [0.15, 0.2) is 60.8 Å². The van der Waals surface area contributed by atoms with Crippen molar-refractivity contribution in [3.05, 3.63) is 72.2 Å². The van der Waals surface area contributed by atoms with Crippen LogP contribution in [0.3, 0.4) is 0 Å². The molecule has 140 valence electrons. The molecule has 0 saturated heterocycles. The first-order chi connectivity index (χ1) is 13.1. The van der Waals surface area contributed by atoms with Gasteiger partial charge in [0.25, 0.3) is 5.91 Å². The number of benzene rings is 1. The van der Waals surface area contributed by atoms with Crippen molar-refractivity contribution in [2.75, 3.05) is 6.61 Å². The Morgan fingerprint density at radius 2 is 1.93 bits per heavy atom. The maximum atomic E-state index is 13.3. The van der Waals surface area contributed by atoms with Crippen LogP contribution in [0.2, 0.25) is 0 Å². The molecule has 1 aromatic carbocycles. The smallest absolute Gasteiger partial charge is 0.272 e. The molecular weight excluding hydrogens is 340 g/mol. The summed E-state index contributed by atoms with van der Waals surface area (Å²) < 4.78 is 1.60. The molecular formula is C21H24N4O2. The number of hydrogen-bond acceptors (Lipinski definition) is 4. The maximum Gasteiger partial charge on any atom is 0.272 e. The predicted octanol–water partition coefficient (Wildman–Crippen LogP) is 2.90. The Morgan fingerprint density at radius 3 is 2.56 bits per heavy atom. The van der Waals surface area contributed by atoms with Crippen molar-refractivity contribution in [2.45, 2.75) is 25.9 Å². The van der Waals surface area contributed by atoms with Crippen LogP contribution < -0.4 is 0 Å². The zero-order valence-electron chi connectivity index (χ0n) is 15.6. The first-order valence-electron chi connectivity index (χ1n) is 9.05. The maximum absolute atomic E-state index is 13.3. The van der Waals surface area contributed by atoms with Crippen molar-refractivity contribution >= 4 is 5.91 Å². The molecule has 2 aromatic heterocycles. The van der Waals surface area contributed by atoms with Gasteiger partial charge in [0.1, 0.15) is 5.69 Å². The number of aliphatic hydroxyl groups excluding tert-OH is 1. The van der Waals surface area contributed by atoms with E-state index < -0.39 is 0 Å². The average Bonchev–Trinajstić information content (AvgIpc) is 3.11. The zero-order valence-corrected chi connectivity index (χ0v) is 15.6. The molecule has 1 N–H and O–H groups in total. The van der Waals surface area contributed by atoms with E-state index in [-0.39, 0.29) is 18.6 Å². The van der Waals surface area contributed by atoms with Gasteiger partial charge in [-0.05, 0) is 24.6 Å². The fourth-order valence-corrected chi connectivity index (χ4v) is 3.05. The normalized spacial score (nSPS) is 12.0. The molecule has 2 heterocycles. The molecule has 0 aliphatic carbocycles. The van der Waals surface area contributed by atoms with Crippen molar-refractivity contribution in [3.63, 3.8) is 0 Å². The molecule has 1 amide bonds. The third-order valence-corrected chi connectivity index (χ3v) is 4.61. The van der Waals surface area contributed by atoms with Gasteiger partial charge in [0.15, 0.2) is 0 Å². The number of aromatic nitrogens is 3. The van der Waals surface area contributed by atoms with Gasteiger partial charge in [0, 0.05) is 18.8 Å². The summed E-state index contributed by atoms with van der Waals surface area (Å²) in [6, 6.07) is 16.9. The third-order valence-electron chi connectivity index (χ3n) is 4.61. The highest BCUT2D eigenvalue weighted by Crippen LogP contribution is 2.21. The second kappa shape index (κ2) is 8.60. The molecule has 0 radical (unpaired) electrons. The van der Waals surface area contributed by atoms with Crippen LogP contribution in [0.4, 0.5) is 0 Å². The van der Waals surface area contributed by atoms with Crippen LogP contribution in [0.1, 0.15) is 29.5 Å². The Kier molecular flexibility index (Phi) is 5.98. The highest BCUT2D eigenvalue weighted by Gasteiger charge is 2.26. The van der Waals surface area contributed by atoms with Crippen LogP contribution in [0, 0.1) is 0 Å². The first-order valence-corrected chi connectivity index (χ1v) is 9.05. The minimum Gasteiger partial charge on any atom is -0.394 e. The Bertz CT molecular complexity index is 874. The Hall–Kier alpha value is -2.99. The molecule has 0 spiro atoms. The lowest BCUT2D eigenvalue weighted by molar-refractivity contribution is 0.0549. The van der Waals surface area contributed by atoms with Crippen molar-refractivity contribution < 1.29 is 9.90 Å². The van der Waals surface area contributed by atoms with Crippen molar-refractivity contribution in [3.8, 4) is 11.3 Å². The van der Waals surface area contributed by atoms with Gasteiger partial charge in [-0.25, -0.2) is 0 Å². The summed E-state index contributed by atoms with van der Waals surface area (Å²) in [7, 11) is 1.76. The van der Waals surface area contributed by atoms with Gasteiger partial charge in [-0.15, -0.1) is 0 Å². The van der Waals surface area contributed by atoms with Gasteiger partial charge < -0.3 is 10.0 Å². The fraction of sp³-hybridized carbons (Fsp3) is 0.286. The monoisotopic (exact) mass is 364 g/mol. The van der Waals surface area contributed by atoms with E-state index in [4.69, 9.17) is 0 Å². The Labute approximate surface area is 159 Å². The third kappa shape index (κ3) is 4.23. The van der Waals surface area contributed by atoms with E-state index in [0.717, 1.165) is 17.0 Å². The van der Waals surface area contributed by atoms with E-state index in [1.54, 1.807) is 28.9 Å². The lowest BCUT2D eigenvalue weighted by atomic mass is 10.1. The van der Waals surface area contributed by atoms with E-state index in [9.17, 15) is 9.90 Å². The molecule has 0 aliphatic heterocycles. The van der Waals surface area contributed by atoms with E-state index in [1.165, 1.54) is 0 Å². The quantitative estimate of drug-likeness (QED) is 0.700. The number of aliphatic hydroxyl groups is 1. The summed E-state index contributed by atoms with van der Waals surface area (Å²) >= 11 is 0. The molecule has 0 fully saturated rings. The molecule has 6 nitrogen and oxygen atoms in total. The van der Waals surface area contributed by atoms with E-state index in [2.05, 4.69) is 10.1 Å². The number of carbonyl (C=O) groups is 1. The zero-order chi connectivity index (χ0) is 19.2. The number of aryl methyl sites for hydroxylation is 1. The van der Waals surface area contributed by atoms with Crippen LogP contribution in [0.25, 0.3) is 11.3 Å². The number of amides is 1. The highest BCUT2D eigenvalue weighted by molar-refractivity contribution is 5.94. The number of rotatable bonds is 7. The second-order valence-corrected chi connectivity index (χ2v) is 6.40. The lowest BCUT2D eigenvalue weighted by Crippen LogP contribution is -2.42. The number of carbonyl (C=O) groups excluding carboxylic acids is 1. The SMILES string of the molecule is CC[C@H](CO)N(Cc1ccccn1)C(=O)c1cc(-c2ccccc2)nn1C. The van der Waals surface area contributed by atoms with Gasteiger partial charge in [0.05, 0.1) is 30.6 Å². The molecule has 1 atom stereocenters. The molecule has 6 heteroatoms. The fourth-order valence-electron chi connectivity index (χ4n) is 3.05. The van der Waals surface area contributed by atoms with Crippen LogP contribution in [-0.4, -0.2) is 43.3 Å². The molecule has 0 aliphatic rings. The van der Waals surface area contributed by atoms with E-state index >= 15 is 0 Å². The van der Waals surface area contributed by atoms with E-state index in [1.807, 2.05) is 55.5 Å². The summed E-state index contributed by atoms with van der Waals surface area (Å²) in [5, 5.41) is 14.3. The van der Waals surface area contributed by atoms with E-state index in [0.29, 0.717) is 18.7 Å². The largest absolute Gasteiger partial charge is 0.394 e. The minimum absolute atomic E-state index is 0.0987. The molecule has 27 heavy (non-hydrogen) atoms. The summed E-state index contributed by atoms with van der Waals surface area (Å²) in [6.45, 7) is 2.20. The lowest BCUT2D eigenvalue weighted by Gasteiger charge is -2.29. The highest BCUT2D eigenvalue weighted by atomic mass is 16.3. The van der Waals surface area contributed by atoms with Crippen LogP contribution in [0.5, 0.6) is 0 Å². The second-order valence-electron chi connectivity index (χ2n) is 6.40. The molecule has 0 saturated carbocycles. The number of hydrogen-bond donors (Lipinski definition) is 1. The summed E-state index contributed by atoms with van der Waals surface area (Å²) in [6.07, 6.45) is 2.36. The predicted molar refractivity (Wildman–Crippen MR) is 104 cm³/mol. The molecule has 0 bridgehead atoms. The standard InChI is InChI=1S/C21H24N4O2/c1-3-18(15-26)25(14-17-11-7-8-12-22-17)21(27)20-13-19(23-24(20)2)16-9-5-4-6-10-16/h4-13,18,26H,3,14-15H2,1-2H3/t18-/m1/s1. The van der Waals surface area contributed by atoms with Gasteiger partial charge in [-0.2, -0.15) is 5.10 Å². The summed E-state index contributed by atoms with van der Waals surface area (Å²) in [5.74, 6) is -0.168. The first kappa shape index (κ1) is 18.8. The van der Waals surface area contributed by atoms with Crippen molar-refractivity contribution in [2.24, 2.45) is 7.05 Å². The van der Waals surface area contributed by atoms with Gasteiger partial charge in [-0.1, -0.05) is 43.3 Å². The summed E-state index contributed by atoms with van der Waals surface area (Å²) in [4.78, 5) is 19.3. The Balaban J connectivity index is 1.93. The molecule has 3 rings (SSSR count). The Morgan fingerprint density at radius 1 is 1.19 bits per heavy atom. The van der Waals surface area contributed by atoms with Crippen molar-refractivity contribution in [1.82, 2.24) is 19.7 Å². The molecule has 3 aromatic rings. The number of pyridine rings is 1. The van der Waals surface area contributed by atoms with Gasteiger partial charge >= 0.3 is 0 Å². The minimum atomic E-state index is -0.283. The van der Waals surface area contributed by atoms with Crippen molar-refractivity contribution in [1.29, 1.82) is 0 Å². The van der Waals surface area contributed by atoms with Gasteiger partial charge in [-0.3, -0.25) is 14.5 Å². The van der Waals surface area contributed by atoms with Crippen LogP contribution >= 0.6 is 0 Å². The topological polar surface area (TPSA) is 71.2 Å². The molecule has 0 unspecified atom stereocenters. The average molecular weight is 364 g/mol. The number of nitrogens with zero attached hydrogens (tertiary/aromatic N) is 4. The summed E-state index contributed by atoms with van der Waals surface area (Å²) in [5.41, 5.74) is 2.97. The van der Waals surface area contributed by atoms with Gasteiger partial charge in [0.2, 0.25) is 0 Å². The van der Waals surface area contributed by atoms with Crippen LogP contribution in [-0.2, 0) is 13.6 Å².